The second-order valence-corrected chi connectivity index (χ2v) is 7.10. The van der Waals surface area contributed by atoms with Crippen molar-refractivity contribution >= 4 is 5.91 Å². The zero-order chi connectivity index (χ0) is 19.3. The molecule has 0 N–H and O–H groups in total. The predicted molar refractivity (Wildman–Crippen MR) is 103 cm³/mol. The molecule has 1 aromatic carbocycles. The van der Waals surface area contributed by atoms with Gasteiger partial charge in [0.25, 0.3) is 0 Å². The lowest BCUT2D eigenvalue weighted by molar-refractivity contribution is -0.133. The fourth-order valence-corrected chi connectivity index (χ4v) is 3.58. The number of piperidine rings is 1. The third-order valence-electron chi connectivity index (χ3n) is 5.11. The molecule has 0 aliphatic carbocycles. The van der Waals surface area contributed by atoms with Crippen molar-refractivity contribution in [3.05, 3.63) is 66.4 Å². The lowest BCUT2D eigenvalue weighted by Crippen LogP contribution is -2.40. The average molecular weight is 380 g/mol. The van der Waals surface area contributed by atoms with Gasteiger partial charge in [-0.05, 0) is 30.5 Å². The van der Waals surface area contributed by atoms with Crippen molar-refractivity contribution in [3.63, 3.8) is 0 Å². The molecule has 1 saturated heterocycles. The van der Waals surface area contributed by atoms with Gasteiger partial charge < -0.3 is 18.6 Å². The van der Waals surface area contributed by atoms with Crippen LogP contribution in [0.25, 0.3) is 0 Å². The Morgan fingerprint density at radius 2 is 2.18 bits per heavy atom. The summed E-state index contributed by atoms with van der Waals surface area (Å²) in [6.07, 6.45) is 9.58. The Bertz CT molecular complexity index is 902. The van der Waals surface area contributed by atoms with Crippen LogP contribution in [0.4, 0.5) is 0 Å². The number of hydrogen-bond acceptors (Lipinski definition) is 5. The molecule has 1 fully saturated rings. The Hall–Kier alpha value is -3.09. The highest BCUT2D eigenvalue weighted by Crippen LogP contribution is 2.27. The van der Waals surface area contributed by atoms with E-state index >= 15 is 0 Å². The number of carbonyl (C=O) groups is 1. The number of carbonyl (C=O) groups excluding carboxylic acids is 1. The van der Waals surface area contributed by atoms with Crippen molar-refractivity contribution in [2.45, 2.75) is 31.7 Å². The van der Waals surface area contributed by atoms with Gasteiger partial charge in [0.1, 0.15) is 18.1 Å². The maximum atomic E-state index is 12.6. The van der Waals surface area contributed by atoms with Crippen LogP contribution >= 0.6 is 0 Å². The smallest absolute Gasteiger partial charge is 0.242 e. The molecule has 0 radical (unpaired) electrons. The van der Waals surface area contributed by atoms with Crippen LogP contribution in [0.15, 0.2) is 53.6 Å². The van der Waals surface area contributed by atoms with E-state index in [9.17, 15) is 4.79 Å². The van der Waals surface area contributed by atoms with Gasteiger partial charge in [-0.15, -0.1) is 0 Å². The number of methoxy groups -OCH3 is 1. The van der Waals surface area contributed by atoms with E-state index < -0.39 is 0 Å². The first-order chi connectivity index (χ1) is 13.7. The summed E-state index contributed by atoms with van der Waals surface area (Å²) >= 11 is 0. The molecule has 7 heteroatoms. The molecule has 3 aromatic rings. The van der Waals surface area contributed by atoms with Gasteiger partial charge in [0.15, 0.2) is 5.89 Å². The third-order valence-corrected chi connectivity index (χ3v) is 5.11. The largest absolute Gasteiger partial charge is 0.497 e. The molecule has 4 rings (SSSR count). The van der Waals surface area contributed by atoms with E-state index in [1.807, 2.05) is 29.2 Å². The number of hydrogen-bond donors (Lipinski definition) is 0. The summed E-state index contributed by atoms with van der Waals surface area (Å²) in [4.78, 5) is 22.9. The Labute approximate surface area is 164 Å². The maximum Gasteiger partial charge on any atom is 0.242 e. The molecule has 7 nitrogen and oxygen atoms in total. The Kier molecular flexibility index (Phi) is 5.41. The molecule has 1 amide bonds. The number of nitrogens with zero attached hydrogens (tertiary/aromatic N) is 4. The van der Waals surface area contributed by atoms with E-state index in [1.54, 1.807) is 36.6 Å². The van der Waals surface area contributed by atoms with Gasteiger partial charge in [0.2, 0.25) is 5.91 Å². The van der Waals surface area contributed by atoms with Crippen LogP contribution in [0, 0.1) is 0 Å². The van der Waals surface area contributed by atoms with Gasteiger partial charge >= 0.3 is 0 Å². The molecule has 0 unspecified atom stereocenters. The lowest BCUT2D eigenvalue weighted by atomic mass is 9.98. The molecule has 146 valence electrons. The molecule has 0 spiro atoms. The van der Waals surface area contributed by atoms with Crippen molar-refractivity contribution in [2.75, 3.05) is 20.2 Å². The van der Waals surface area contributed by atoms with Gasteiger partial charge in [-0.3, -0.25) is 4.79 Å². The summed E-state index contributed by atoms with van der Waals surface area (Å²) in [6.45, 7) is 1.75. The minimum atomic E-state index is 0.104. The quantitative estimate of drug-likeness (QED) is 0.657. The molecule has 1 atom stereocenters. The highest BCUT2D eigenvalue weighted by molar-refractivity contribution is 5.76. The number of aromatic nitrogens is 3. The van der Waals surface area contributed by atoms with E-state index in [-0.39, 0.29) is 11.8 Å². The van der Waals surface area contributed by atoms with Crippen LogP contribution in [-0.2, 0) is 17.8 Å². The first-order valence-corrected chi connectivity index (χ1v) is 9.52. The molecular weight excluding hydrogens is 356 g/mol. The van der Waals surface area contributed by atoms with Crippen molar-refractivity contribution in [2.24, 2.45) is 0 Å². The molecule has 2 aromatic heterocycles. The van der Waals surface area contributed by atoms with Gasteiger partial charge in [-0.2, -0.15) is 0 Å². The minimum Gasteiger partial charge on any atom is -0.497 e. The number of amides is 1. The highest BCUT2D eigenvalue weighted by atomic mass is 16.5. The minimum absolute atomic E-state index is 0.104. The summed E-state index contributed by atoms with van der Waals surface area (Å²) in [6, 6.07) is 7.94. The van der Waals surface area contributed by atoms with E-state index in [4.69, 9.17) is 9.15 Å². The average Bonchev–Trinajstić information content (AvgIpc) is 3.41. The number of oxazole rings is 1. The number of imidazole rings is 1. The predicted octanol–water partition coefficient (Wildman–Crippen LogP) is 2.88. The van der Waals surface area contributed by atoms with E-state index in [0.29, 0.717) is 19.5 Å². The van der Waals surface area contributed by atoms with Crippen LogP contribution in [0.5, 0.6) is 5.75 Å². The summed E-state index contributed by atoms with van der Waals surface area (Å²) in [5, 5.41) is 0. The normalized spacial score (nSPS) is 16.9. The lowest BCUT2D eigenvalue weighted by Gasteiger charge is -2.31. The fraction of sp³-hybridized carbons (Fsp3) is 0.381. The van der Waals surface area contributed by atoms with Crippen LogP contribution < -0.4 is 4.74 Å². The van der Waals surface area contributed by atoms with Crippen LogP contribution in [-0.4, -0.2) is 45.5 Å². The van der Waals surface area contributed by atoms with E-state index in [1.165, 1.54) is 0 Å². The topological polar surface area (TPSA) is 73.4 Å². The van der Waals surface area contributed by atoms with Crippen LogP contribution in [0.3, 0.4) is 0 Å². The number of benzene rings is 1. The summed E-state index contributed by atoms with van der Waals surface area (Å²) in [7, 11) is 1.66. The second kappa shape index (κ2) is 8.29. The number of rotatable bonds is 6. The Balaban J connectivity index is 1.37. The molecule has 3 heterocycles. The molecule has 1 aliphatic rings. The monoisotopic (exact) mass is 380 g/mol. The molecular formula is C21H24N4O3. The van der Waals surface area contributed by atoms with E-state index in [0.717, 1.165) is 42.4 Å². The van der Waals surface area contributed by atoms with Crippen LogP contribution in [0.1, 0.15) is 36.0 Å². The standard InChI is InChI=1S/C21H24N4O3/c1-27-18-6-4-16(5-7-18)11-19-12-23-21(28-19)17-3-2-9-25(13-17)20(26)14-24-10-8-22-15-24/h4-8,10,12,15,17H,2-3,9,11,13-14H2,1H3/t17-/m1/s1. The number of ether oxygens (including phenoxy) is 1. The molecule has 1 aliphatic heterocycles. The summed E-state index contributed by atoms with van der Waals surface area (Å²) < 4.78 is 13.0. The SMILES string of the molecule is COc1ccc(Cc2cnc([C@@H]3CCCN(C(=O)Cn4ccnc4)C3)o2)cc1. The van der Waals surface area contributed by atoms with Gasteiger partial charge in [-0.1, -0.05) is 12.1 Å². The number of likely N-dealkylation sites (tertiary alicyclic amines) is 1. The van der Waals surface area contributed by atoms with Crippen molar-refractivity contribution in [3.8, 4) is 5.75 Å². The van der Waals surface area contributed by atoms with Crippen molar-refractivity contribution < 1.29 is 13.9 Å². The zero-order valence-corrected chi connectivity index (χ0v) is 16.0. The maximum absolute atomic E-state index is 12.6. The summed E-state index contributed by atoms with van der Waals surface area (Å²) in [5.74, 6) is 2.65. The molecule has 0 bridgehead atoms. The molecule has 28 heavy (non-hydrogen) atoms. The van der Waals surface area contributed by atoms with Gasteiger partial charge in [0.05, 0.1) is 25.6 Å². The van der Waals surface area contributed by atoms with E-state index in [2.05, 4.69) is 9.97 Å². The highest BCUT2D eigenvalue weighted by Gasteiger charge is 2.27. The zero-order valence-electron chi connectivity index (χ0n) is 16.0. The summed E-state index contributed by atoms with van der Waals surface area (Å²) in [5.41, 5.74) is 1.14. The van der Waals surface area contributed by atoms with Crippen molar-refractivity contribution in [1.29, 1.82) is 0 Å². The van der Waals surface area contributed by atoms with Crippen molar-refractivity contribution in [1.82, 2.24) is 19.4 Å². The third kappa shape index (κ3) is 4.24. The van der Waals surface area contributed by atoms with Gasteiger partial charge in [0, 0.05) is 31.9 Å². The first-order valence-electron chi connectivity index (χ1n) is 9.52. The molecule has 0 saturated carbocycles. The Morgan fingerprint density at radius 3 is 2.93 bits per heavy atom. The van der Waals surface area contributed by atoms with Gasteiger partial charge in [-0.25, -0.2) is 9.97 Å². The fourth-order valence-electron chi connectivity index (χ4n) is 3.58. The second-order valence-electron chi connectivity index (χ2n) is 7.10. The first kappa shape index (κ1) is 18.3. The Morgan fingerprint density at radius 1 is 1.32 bits per heavy atom. The van der Waals surface area contributed by atoms with Crippen LogP contribution in [0.2, 0.25) is 0 Å².